The van der Waals surface area contributed by atoms with Crippen LogP contribution in [0.2, 0.25) is 0 Å². The standard InChI is InChI=1S/C10H19NO3/c1-4-14-9(12)5-10(6-13-7-10)11-8(2)3/h8,11H,4-7H2,1-3H3. The van der Waals surface area contributed by atoms with Crippen LogP contribution < -0.4 is 5.32 Å². The summed E-state index contributed by atoms with van der Waals surface area (Å²) in [6, 6.07) is 0.355. The van der Waals surface area contributed by atoms with Gasteiger partial charge in [0.05, 0.1) is 31.8 Å². The lowest BCUT2D eigenvalue weighted by molar-refractivity contribution is -0.153. The van der Waals surface area contributed by atoms with Crippen LogP contribution in [0.5, 0.6) is 0 Å². The van der Waals surface area contributed by atoms with Crippen molar-refractivity contribution in [2.75, 3.05) is 19.8 Å². The van der Waals surface area contributed by atoms with Gasteiger partial charge in [0.15, 0.2) is 0 Å². The van der Waals surface area contributed by atoms with E-state index in [0.717, 1.165) is 0 Å². The third kappa shape index (κ3) is 2.96. The Morgan fingerprint density at radius 1 is 1.57 bits per heavy atom. The summed E-state index contributed by atoms with van der Waals surface area (Å²) in [4.78, 5) is 11.3. The number of rotatable bonds is 5. The Morgan fingerprint density at radius 3 is 2.57 bits per heavy atom. The smallest absolute Gasteiger partial charge is 0.307 e. The largest absolute Gasteiger partial charge is 0.466 e. The quantitative estimate of drug-likeness (QED) is 0.665. The fourth-order valence-corrected chi connectivity index (χ4v) is 1.69. The normalized spacial score (nSPS) is 19.1. The zero-order valence-electron chi connectivity index (χ0n) is 9.13. The van der Waals surface area contributed by atoms with Crippen LogP contribution in [0.15, 0.2) is 0 Å². The summed E-state index contributed by atoms with van der Waals surface area (Å²) in [6.45, 7) is 7.58. The van der Waals surface area contributed by atoms with E-state index in [9.17, 15) is 4.79 Å². The van der Waals surface area contributed by atoms with E-state index in [1.165, 1.54) is 0 Å². The van der Waals surface area contributed by atoms with E-state index in [4.69, 9.17) is 9.47 Å². The van der Waals surface area contributed by atoms with Crippen molar-refractivity contribution in [2.24, 2.45) is 0 Å². The van der Waals surface area contributed by atoms with Crippen molar-refractivity contribution >= 4 is 5.97 Å². The van der Waals surface area contributed by atoms with Gasteiger partial charge in [0.25, 0.3) is 0 Å². The summed E-state index contributed by atoms with van der Waals surface area (Å²) in [5, 5.41) is 3.36. The minimum Gasteiger partial charge on any atom is -0.466 e. The maximum atomic E-state index is 11.3. The molecule has 0 saturated carbocycles. The molecule has 0 radical (unpaired) electrons. The van der Waals surface area contributed by atoms with Crippen LogP contribution in [0.1, 0.15) is 27.2 Å². The Labute approximate surface area is 85.0 Å². The minimum absolute atomic E-state index is 0.149. The van der Waals surface area contributed by atoms with E-state index in [0.29, 0.717) is 32.3 Å². The molecule has 0 aromatic heterocycles. The number of hydrogen-bond acceptors (Lipinski definition) is 4. The number of carbonyl (C=O) groups excluding carboxylic acids is 1. The van der Waals surface area contributed by atoms with Crippen LogP contribution in [0.25, 0.3) is 0 Å². The van der Waals surface area contributed by atoms with Gasteiger partial charge in [-0.1, -0.05) is 13.8 Å². The summed E-state index contributed by atoms with van der Waals surface area (Å²) < 4.78 is 10.1. The zero-order chi connectivity index (χ0) is 10.6. The first kappa shape index (κ1) is 11.5. The molecule has 0 aliphatic carbocycles. The Balaban J connectivity index is 2.41. The van der Waals surface area contributed by atoms with Gasteiger partial charge in [-0.2, -0.15) is 0 Å². The van der Waals surface area contributed by atoms with Crippen molar-refractivity contribution in [1.82, 2.24) is 5.32 Å². The highest BCUT2D eigenvalue weighted by atomic mass is 16.5. The Bertz CT molecular complexity index is 200. The van der Waals surface area contributed by atoms with Gasteiger partial charge in [-0.15, -0.1) is 0 Å². The van der Waals surface area contributed by atoms with Gasteiger partial charge in [0.2, 0.25) is 0 Å². The van der Waals surface area contributed by atoms with E-state index in [2.05, 4.69) is 19.2 Å². The molecule has 1 saturated heterocycles. The molecule has 0 bridgehead atoms. The van der Waals surface area contributed by atoms with E-state index in [-0.39, 0.29) is 11.5 Å². The van der Waals surface area contributed by atoms with Crippen LogP contribution >= 0.6 is 0 Å². The molecule has 0 aromatic carbocycles. The summed E-state index contributed by atoms with van der Waals surface area (Å²) >= 11 is 0. The van der Waals surface area contributed by atoms with Crippen molar-refractivity contribution in [2.45, 2.75) is 38.8 Å². The Kier molecular flexibility index (Phi) is 3.89. The Morgan fingerprint density at radius 2 is 2.21 bits per heavy atom. The molecule has 0 atom stereocenters. The van der Waals surface area contributed by atoms with Gasteiger partial charge in [-0.25, -0.2) is 0 Å². The zero-order valence-corrected chi connectivity index (χ0v) is 9.13. The molecule has 4 heteroatoms. The molecule has 1 fully saturated rings. The Hall–Kier alpha value is -0.610. The molecule has 0 unspecified atom stereocenters. The molecule has 14 heavy (non-hydrogen) atoms. The van der Waals surface area contributed by atoms with Crippen molar-refractivity contribution in [1.29, 1.82) is 0 Å². The van der Waals surface area contributed by atoms with Gasteiger partial charge in [0.1, 0.15) is 0 Å². The predicted molar refractivity (Wildman–Crippen MR) is 53.1 cm³/mol. The van der Waals surface area contributed by atoms with Gasteiger partial charge in [0, 0.05) is 6.04 Å². The van der Waals surface area contributed by atoms with Gasteiger partial charge >= 0.3 is 5.97 Å². The van der Waals surface area contributed by atoms with E-state index < -0.39 is 0 Å². The van der Waals surface area contributed by atoms with Crippen molar-refractivity contribution in [3.63, 3.8) is 0 Å². The lowest BCUT2D eigenvalue weighted by Crippen LogP contribution is -2.63. The third-order valence-electron chi connectivity index (χ3n) is 2.14. The summed E-state index contributed by atoms with van der Waals surface area (Å²) in [6.07, 6.45) is 0.402. The molecule has 0 spiro atoms. The van der Waals surface area contributed by atoms with Crippen molar-refractivity contribution in [3.05, 3.63) is 0 Å². The second-order valence-corrected chi connectivity index (χ2v) is 4.05. The van der Waals surface area contributed by atoms with E-state index in [1.54, 1.807) is 0 Å². The number of esters is 1. The molecule has 0 amide bonds. The first-order valence-electron chi connectivity index (χ1n) is 5.09. The molecule has 1 aliphatic heterocycles. The molecule has 1 aliphatic rings. The van der Waals surface area contributed by atoms with Gasteiger partial charge < -0.3 is 14.8 Å². The van der Waals surface area contributed by atoms with Gasteiger partial charge in [-0.3, -0.25) is 4.79 Å². The van der Waals surface area contributed by atoms with Crippen molar-refractivity contribution < 1.29 is 14.3 Å². The lowest BCUT2D eigenvalue weighted by atomic mass is 9.92. The first-order chi connectivity index (χ1) is 6.58. The minimum atomic E-state index is -0.180. The molecule has 0 aromatic rings. The number of carbonyl (C=O) groups is 1. The molecule has 1 heterocycles. The fraction of sp³-hybridized carbons (Fsp3) is 0.900. The summed E-state index contributed by atoms with van der Waals surface area (Å²) in [5.74, 6) is -0.149. The second-order valence-electron chi connectivity index (χ2n) is 4.05. The first-order valence-corrected chi connectivity index (χ1v) is 5.09. The monoisotopic (exact) mass is 201 g/mol. The average molecular weight is 201 g/mol. The highest BCUT2D eigenvalue weighted by Gasteiger charge is 2.41. The van der Waals surface area contributed by atoms with Crippen LogP contribution in [0, 0.1) is 0 Å². The maximum absolute atomic E-state index is 11.3. The lowest BCUT2D eigenvalue weighted by Gasteiger charge is -2.42. The van der Waals surface area contributed by atoms with Crippen LogP contribution in [-0.4, -0.2) is 37.4 Å². The van der Waals surface area contributed by atoms with Gasteiger partial charge in [-0.05, 0) is 6.92 Å². The summed E-state index contributed by atoms with van der Waals surface area (Å²) in [5.41, 5.74) is -0.180. The maximum Gasteiger partial charge on any atom is 0.307 e. The van der Waals surface area contributed by atoms with E-state index in [1.807, 2.05) is 6.92 Å². The predicted octanol–water partition coefficient (Wildman–Crippen LogP) is 0.707. The van der Waals surface area contributed by atoms with E-state index >= 15 is 0 Å². The average Bonchev–Trinajstić information content (AvgIpc) is 1.99. The topological polar surface area (TPSA) is 47.6 Å². The number of hydrogen-bond donors (Lipinski definition) is 1. The number of ether oxygens (including phenoxy) is 2. The van der Waals surface area contributed by atoms with Crippen LogP contribution in [-0.2, 0) is 14.3 Å². The molecular weight excluding hydrogens is 182 g/mol. The molecule has 1 rings (SSSR count). The summed E-state index contributed by atoms with van der Waals surface area (Å²) in [7, 11) is 0. The SMILES string of the molecule is CCOC(=O)CC1(NC(C)C)COC1. The second kappa shape index (κ2) is 4.75. The van der Waals surface area contributed by atoms with Crippen LogP contribution in [0.3, 0.4) is 0 Å². The molecule has 1 N–H and O–H groups in total. The molecule has 82 valence electrons. The highest BCUT2D eigenvalue weighted by Crippen LogP contribution is 2.22. The highest BCUT2D eigenvalue weighted by molar-refractivity contribution is 5.71. The fourth-order valence-electron chi connectivity index (χ4n) is 1.69. The number of nitrogens with one attached hydrogen (secondary N) is 1. The molecular formula is C10H19NO3. The molecule has 4 nitrogen and oxygen atoms in total. The van der Waals surface area contributed by atoms with Crippen LogP contribution in [0.4, 0.5) is 0 Å². The third-order valence-corrected chi connectivity index (χ3v) is 2.14. The van der Waals surface area contributed by atoms with Crippen molar-refractivity contribution in [3.8, 4) is 0 Å².